The molecule has 0 saturated carbocycles. The van der Waals surface area contributed by atoms with E-state index in [1.807, 2.05) is 0 Å². The first-order chi connectivity index (χ1) is 5.81. The molecule has 0 aromatic carbocycles. The van der Waals surface area contributed by atoms with Gasteiger partial charge in [-0.25, -0.2) is 0 Å². The summed E-state index contributed by atoms with van der Waals surface area (Å²) in [6, 6.07) is 0. The predicted molar refractivity (Wildman–Crippen MR) is 43.6 cm³/mol. The highest BCUT2D eigenvalue weighted by Gasteiger charge is 2.08. The van der Waals surface area contributed by atoms with Crippen LogP contribution in [0.15, 0.2) is 0 Å². The summed E-state index contributed by atoms with van der Waals surface area (Å²) in [5, 5.41) is 16.2. The Kier molecular flexibility index (Phi) is 8.05. The zero-order valence-corrected chi connectivity index (χ0v) is 7.16. The Morgan fingerprint density at radius 2 is 1.83 bits per heavy atom. The lowest BCUT2D eigenvalue weighted by atomic mass is 10.3. The topological polar surface area (TPSA) is 66.8 Å². The van der Waals surface area contributed by atoms with Gasteiger partial charge in [0.1, 0.15) is 0 Å². The number of carbonyl (C=O) groups is 1. The molecule has 12 heavy (non-hydrogen) atoms. The number of cyclic esters (lactones) is 1. The van der Waals surface area contributed by atoms with E-state index in [1.165, 1.54) is 0 Å². The summed E-state index contributed by atoms with van der Waals surface area (Å²) in [7, 11) is 0. The molecule has 1 aliphatic rings. The van der Waals surface area contributed by atoms with E-state index in [0.29, 0.717) is 13.0 Å². The quantitative estimate of drug-likeness (QED) is 0.472. The van der Waals surface area contributed by atoms with Gasteiger partial charge in [0.2, 0.25) is 0 Å². The predicted octanol–water partition coefficient (Wildman–Crippen LogP) is 0.0746. The van der Waals surface area contributed by atoms with Gasteiger partial charge < -0.3 is 14.9 Å². The van der Waals surface area contributed by atoms with Crippen LogP contribution in [-0.2, 0) is 9.53 Å². The number of aliphatic hydroxyl groups excluding tert-OH is 2. The maximum absolute atomic E-state index is 10.0. The summed E-state index contributed by atoms with van der Waals surface area (Å²) in [6.07, 6.45) is 2.98. The Hall–Kier alpha value is -0.610. The molecule has 0 amide bonds. The fourth-order valence-electron chi connectivity index (χ4n) is 0.698. The van der Waals surface area contributed by atoms with Crippen LogP contribution in [-0.4, -0.2) is 36.0 Å². The van der Waals surface area contributed by atoms with Crippen molar-refractivity contribution in [3.8, 4) is 0 Å². The van der Waals surface area contributed by atoms with Crippen molar-refractivity contribution in [1.29, 1.82) is 0 Å². The number of esters is 1. The van der Waals surface area contributed by atoms with E-state index in [0.717, 1.165) is 19.3 Å². The Labute approximate surface area is 72.2 Å². The van der Waals surface area contributed by atoms with Crippen molar-refractivity contribution < 1.29 is 19.7 Å². The lowest BCUT2D eigenvalue weighted by Crippen LogP contribution is -1.88. The maximum atomic E-state index is 10.0. The third-order valence-electron chi connectivity index (χ3n) is 1.35. The molecule has 0 radical (unpaired) electrons. The molecule has 1 rings (SSSR count). The molecule has 1 fully saturated rings. The summed E-state index contributed by atoms with van der Waals surface area (Å²) in [6.45, 7) is 1.03. The number of hydrogen-bond acceptors (Lipinski definition) is 4. The van der Waals surface area contributed by atoms with E-state index < -0.39 is 0 Å². The molecule has 4 heteroatoms. The molecule has 1 aliphatic heterocycles. The van der Waals surface area contributed by atoms with Gasteiger partial charge >= 0.3 is 5.97 Å². The lowest BCUT2D eigenvalue weighted by Gasteiger charge is -1.85. The molecular formula is C8H16O4. The van der Waals surface area contributed by atoms with Crippen LogP contribution in [0.3, 0.4) is 0 Å². The van der Waals surface area contributed by atoms with E-state index in [9.17, 15) is 4.79 Å². The maximum Gasteiger partial charge on any atom is 0.305 e. The van der Waals surface area contributed by atoms with Crippen molar-refractivity contribution in [3.63, 3.8) is 0 Å². The van der Waals surface area contributed by atoms with Crippen molar-refractivity contribution in [3.05, 3.63) is 0 Å². The molecule has 1 heterocycles. The monoisotopic (exact) mass is 176 g/mol. The van der Waals surface area contributed by atoms with Crippen LogP contribution < -0.4 is 0 Å². The van der Waals surface area contributed by atoms with Crippen LogP contribution in [0.25, 0.3) is 0 Å². The number of rotatable bonds is 3. The molecule has 4 nitrogen and oxygen atoms in total. The largest absolute Gasteiger partial charge is 0.466 e. The second kappa shape index (κ2) is 8.49. The normalized spacial score (nSPS) is 15.0. The van der Waals surface area contributed by atoms with E-state index in [1.54, 1.807) is 0 Å². The molecule has 0 aliphatic carbocycles. The minimum absolute atomic E-state index is 0.0463. The minimum Gasteiger partial charge on any atom is -0.466 e. The van der Waals surface area contributed by atoms with E-state index in [-0.39, 0.29) is 19.2 Å². The van der Waals surface area contributed by atoms with Crippen molar-refractivity contribution in [1.82, 2.24) is 0 Å². The van der Waals surface area contributed by atoms with Gasteiger partial charge in [-0.15, -0.1) is 0 Å². The Bertz CT molecular complexity index is 102. The number of ether oxygens (including phenoxy) is 1. The Morgan fingerprint density at radius 3 is 2.00 bits per heavy atom. The van der Waals surface area contributed by atoms with Gasteiger partial charge in [-0.1, -0.05) is 0 Å². The summed E-state index contributed by atoms with van der Waals surface area (Å²) in [5.41, 5.74) is 0. The molecule has 0 bridgehead atoms. The van der Waals surface area contributed by atoms with Gasteiger partial charge in [-0.3, -0.25) is 4.79 Å². The highest BCUT2D eigenvalue weighted by Crippen LogP contribution is 2.01. The second-order valence-electron chi connectivity index (χ2n) is 2.48. The van der Waals surface area contributed by atoms with E-state index in [4.69, 9.17) is 10.2 Å². The van der Waals surface area contributed by atoms with Gasteiger partial charge in [0.25, 0.3) is 0 Å². The summed E-state index contributed by atoms with van der Waals surface area (Å²) in [5.74, 6) is -0.0463. The highest BCUT2D eigenvalue weighted by molar-refractivity contribution is 5.70. The van der Waals surface area contributed by atoms with Crippen LogP contribution in [0, 0.1) is 0 Å². The molecule has 72 valence electrons. The third kappa shape index (κ3) is 7.50. The minimum atomic E-state index is -0.0463. The van der Waals surface area contributed by atoms with Crippen LogP contribution in [0.4, 0.5) is 0 Å². The van der Waals surface area contributed by atoms with Crippen LogP contribution in [0.5, 0.6) is 0 Å². The second-order valence-corrected chi connectivity index (χ2v) is 2.48. The molecular weight excluding hydrogens is 160 g/mol. The molecule has 0 unspecified atom stereocenters. The van der Waals surface area contributed by atoms with Gasteiger partial charge in [0.15, 0.2) is 0 Å². The highest BCUT2D eigenvalue weighted by atomic mass is 16.5. The zero-order chi connectivity index (χ0) is 9.23. The molecule has 0 aromatic rings. The Balaban J connectivity index is 0.000000202. The van der Waals surface area contributed by atoms with Crippen LogP contribution in [0.2, 0.25) is 0 Å². The molecule has 1 saturated heterocycles. The number of unbranched alkanes of at least 4 members (excludes halogenated alkanes) is 1. The fraction of sp³-hybridized carbons (Fsp3) is 0.875. The molecule has 0 aromatic heterocycles. The first kappa shape index (κ1) is 11.4. The zero-order valence-electron chi connectivity index (χ0n) is 7.16. The molecule has 0 atom stereocenters. The van der Waals surface area contributed by atoms with Gasteiger partial charge in [0.05, 0.1) is 6.61 Å². The first-order valence-corrected chi connectivity index (χ1v) is 4.18. The summed E-state index contributed by atoms with van der Waals surface area (Å²) < 4.78 is 4.51. The summed E-state index contributed by atoms with van der Waals surface area (Å²) >= 11 is 0. The third-order valence-corrected chi connectivity index (χ3v) is 1.35. The van der Waals surface area contributed by atoms with Crippen molar-refractivity contribution in [2.75, 3.05) is 19.8 Å². The number of aliphatic hydroxyl groups is 2. The smallest absolute Gasteiger partial charge is 0.305 e. The van der Waals surface area contributed by atoms with Gasteiger partial charge in [-0.2, -0.15) is 0 Å². The van der Waals surface area contributed by atoms with Crippen LogP contribution in [0.1, 0.15) is 25.7 Å². The van der Waals surface area contributed by atoms with E-state index >= 15 is 0 Å². The number of carbonyl (C=O) groups excluding carboxylic acids is 1. The average molecular weight is 176 g/mol. The van der Waals surface area contributed by atoms with Crippen molar-refractivity contribution >= 4 is 5.97 Å². The standard InChI is InChI=1S/C4H6O2.C4H10O2/c5-4-2-1-3-6-4;5-3-1-2-4-6/h1-3H2;5-6H,1-4H2. The van der Waals surface area contributed by atoms with Crippen molar-refractivity contribution in [2.45, 2.75) is 25.7 Å². The fourth-order valence-corrected chi connectivity index (χ4v) is 0.698. The van der Waals surface area contributed by atoms with Crippen molar-refractivity contribution in [2.24, 2.45) is 0 Å². The summed E-state index contributed by atoms with van der Waals surface area (Å²) in [4.78, 5) is 10.0. The number of hydrogen-bond donors (Lipinski definition) is 2. The van der Waals surface area contributed by atoms with Gasteiger partial charge in [0, 0.05) is 19.6 Å². The van der Waals surface area contributed by atoms with Gasteiger partial charge in [-0.05, 0) is 19.3 Å². The molecule has 2 N–H and O–H groups in total. The SMILES string of the molecule is O=C1CCCO1.OCCCCO. The average Bonchev–Trinajstić information content (AvgIpc) is 2.53. The first-order valence-electron chi connectivity index (χ1n) is 4.18. The van der Waals surface area contributed by atoms with Crippen LogP contribution >= 0.6 is 0 Å². The lowest BCUT2D eigenvalue weighted by molar-refractivity contribution is -0.137. The molecule has 0 spiro atoms. The Morgan fingerprint density at radius 1 is 1.25 bits per heavy atom. The van der Waals surface area contributed by atoms with E-state index in [2.05, 4.69) is 4.74 Å².